The van der Waals surface area contributed by atoms with Gasteiger partial charge in [-0.2, -0.15) is 0 Å². The van der Waals surface area contributed by atoms with Crippen molar-refractivity contribution in [3.8, 4) is 5.75 Å². The Morgan fingerprint density at radius 3 is 2.33 bits per heavy atom. The van der Waals surface area contributed by atoms with Gasteiger partial charge in [0, 0.05) is 5.69 Å². The Morgan fingerprint density at radius 1 is 1.14 bits per heavy atom. The number of halogens is 1. The second-order valence-corrected chi connectivity index (χ2v) is 6.54. The molecule has 0 heterocycles. The first-order valence-electron chi connectivity index (χ1n) is 6.41. The number of anilines is 1. The number of benzene rings is 2. The molecular formula is C15H16ClNO3S. The van der Waals surface area contributed by atoms with Crippen molar-refractivity contribution in [2.45, 2.75) is 18.2 Å². The summed E-state index contributed by atoms with van der Waals surface area (Å²) < 4.78 is 32.1. The first-order valence-corrected chi connectivity index (χ1v) is 8.27. The third-order valence-electron chi connectivity index (χ3n) is 3.05. The van der Waals surface area contributed by atoms with E-state index in [1.807, 2.05) is 19.1 Å². The lowest BCUT2D eigenvalue weighted by Crippen LogP contribution is -2.13. The third-order valence-corrected chi connectivity index (χ3v) is 4.72. The Hall–Kier alpha value is -1.72. The minimum Gasteiger partial charge on any atom is -0.495 e. The van der Waals surface area contributed by atoms with Crippen LogP contribution in [0.15, 0.2) is 47.4 Å². The molecule has 0 amide bonds. The Balaban J connectivity index is 2.26. The molecule has 112 valence electrons. The molecule has 0 bridgehead atoms. The third kappa shape index (κ3) is 3.68. The predicted molar refractivity (Wildman–Crippen MR) is 84.6 cm³/mol. The van der Waals surface area contributed by atoms with Crippen LogP contribution in [0.1, 0.15) is 12.5 Å². The summed E-state index contributed by atoms with van der Waals surface area (Å²) in [6.07, 6.45) is 0.904. The number of methoxy groups -OCH3 is 1. The molecule has 0 unspecified atom stereocenters. The fraction of sp³-hybridized carbons (Fsp3) is 0.200. The molecular weight excluding hydrogens is 310 g/mol. The van der Waals surface area contributed by atoms with E-state index in [0.29, 0.717) is 11.4 Å². The van der Waals surface area contributed by atoms with Gasteiger partial charge in [-0.3, -0.25) is 4.72 Å². The van der Waals surface area contributed by atoms with Crippen molar-refractivity contribution in [1.82, 2.24) is 0 Å². The molecule has 21 heavy (non-hydrogen) atoms. The SMILES string of the molecule is CCc1ccc(NS(=O)(=O)c2ccc(OC)c(Cl)c2)cc1. The molecule has 0 fully saturated rings. The molecule has 0 aliphatic heterocycles. The van der Waals surface area contributed by atoms with Gasteiger partial charge >= 0.3 is 0 Å². The summed E-state index contributed by atoms with van der Waals surface area (Å²) in [4.78, 5) is 0.0906. The zero-order valence-electron chi connectivity index (χ0n) is 11.8. The molecule has 0 aliphatic rings. The summed E-state index contributed by atoms with van der Waals surface area (Å²) in [5.41, 5.74) is 1.66. The number of nitrogens with one attached hydrogen (secondary N) is 1. The average molecular weight is 326 g/mol. The van der Waals surface area contributed by atoms with Gasteiger partial charge in [0.25, 0.3) is 10.0 Å². The highest BCUT2D eigenvalue weighted by atomic mass is 35.5. The van der Waals surface area contributed by atoms with Crippen LogP contribution in [0.3, 0.4) is 0 Å². The van der Waals surface area contributed by atoms with Gasteiger partial charge in [0.1, 0.15) is 5.75 Å². The van der Waals surface area contributed by atoms with Crippen LogP contribution in [0.2, 0.25) is 5.02 Å². The minimum atomic E-state index is -3.67. The number of ether oxygens (including phenoxy) is 1. The lowest BCUT2D eigenvalue weighted by Gasteiger charge is -2.10. The normalized spacial score (nSPS) is 11.2. The maximum atomic E-state index is 12.3. The van der Waals surface area contributed by atoms with Crippen molar-refractivity contribution in [3.05, 3.63) is 53.1 Å². The average Bonchev–Trinajstić information content (AvgIpc) is 2.47. The summed E-state index contributed by atoms with van der Waals surface area (Å²) in [5.74, 6) is 0.433. The lowest BCUT2D eigenvalue weighted by molar-refractivity contribution is 0.414. The molecule has 0 radical (unpaired) electrons. The van der Waals surface area contributed by atoms with Crippen molar-refractivity contribution in [2.24, 2.45) is 0 Å². The van der Waals surface area contributed by atoms with E-state index >= 15 is 0 Å². The minimum absolute atomic E-state index is 0.0906. The highest BCUT2D eigenvalue weighted by Crippen LogP contribution is 2.27. The molecule has 0 saturated heterocycles. The molecule has 0 spiro atoms. The second-order valence-electron chi connectivity index (χ2n) is 4.45. The highest BCUT2D eigenvalue weighted by Gasteiger charge is 2.16. The molecule has 0 aliphatic carbocycles. The number of hydrogen-bond acceptors (Lipinski definition) is 3. The van der Waals surface area contributed by atoms with Crippen LogP contribution >= 0.6 is 11.6 Å². The summed E-state index contributed by atoms with van der Waals surface area (Å²) in [6, 6.07) is 11.6. The van der Waals surface area contributed by atoms with Gasteiger partial charge in [-0.25, -0.2) is 8.42 Å². The smallest absolute Gasteiger partial charge is 0.261 e. The van der Waals surface area contributed by atoms with Gasteiger partial charge in [0.2, 0.25) is 0 Å². The van der Waals surface area contributed by atoms with Crippen LogP contribution in [-0.4, -0.2) is 15.5 Å². The second kappa shape index (κ2) is 6.37. The molecule has 6 heteroatoms. The highest BCUT2D eigenvalue weighted by molar-refractivity contribution is 7.92. The number of sulfonamides is 1. The first-order chi connectivity index (χ1) is 9.96. The largest absolute Gasteiger partial charge is 0.495 e. The maximum absolute atomic E-state index is 12.3. The van der Waals surface area contributed by atoms with Crippen LogP contribution in [0.25, 0.3) is 0 Å². The van der Waals surface area contributed by atoms with E-state index in [1.165, 1.54) is 25.3 Å². The Labute approximate surface area is 129 Å². The van der Waals surface area contributed by atoms with Crippen molar-refractivity contribution in [1.29, 1.82) is 0 Å². The van der Waals surface area contributed by atoms with Crippen molar-refractivity contribution in [3.63, 3.8) is 0 Å². The van der Waals surface area contributed by atoms with Crippen LogP contribution < -0.4 is 9.46 Å². The van der Waals surface area contributed by atoms with Crippen LogP contribution in [0.4, 0.5) is 5.69 Å². The number of rotatable bonds is 5. The van der Waals surface area contributed by atoms with E-state index in [1.54, 1.807) is 12.1 Å². The number of hydrogen-bond donors (Lipinski definition) is 1. The van der Waals surface area contributed by atoms with E-state index in [9.17, 15) is 8.42 Å². The molecule has 0 saturated carbocycles. The Bertz CT molecular complexity index is 727. The lowest BCUT2D eigenvalue weighted by atomic mass is 10.2. The van der Waals surface area contributed by atoms with Gasteiger partial charge in [0.05, 0.1) is 17.0 Å². The van der Waals surface area contributed by atoms with E-state index in [-0.39, 0.29) is 9.92 Å². The van der Waals surface area contributed by atoms with Gasteiger partial charge < -0.3 is 4.74 Å². The van der Waals surface area contributed by atoms with Crippen molar-refractivity contribution in [2.75, 3.05) is 11.8 Å². The molecule has 4 nitrogen and oxygen atoms in total. The fourth-order valence-corrected chi connectivity index (χ4v) is 3.24. The zero-order chi connectivity index (χ0) is 15.5. The van der Waals surface area contributed by atoms with Crippen LogP contribution in [-0.2, 0) is 16.4 Å². The van der Waals surface area contributed by atoms with Gasteiger partial charge in [-0.1, -0.05) is 30.7 Å². The van der Waals surface area contributed by atoms with E-state index < -0.39 is 10.0 Å². The molecule has 0 atom stereocenters. The van der Waals surface area contributed by atoms with Gasteiger partial charge in [0.15, 0.2) is 0 Å². The van der Waals surface area contributed by atoms with E-state index in [4.69, 9.17) is 16.3 Å². The van der Waals surface area contributed by atoms with Crippen molar-refractivity contribution >= 4 is 27.3 Å². The maximum Gasteiger partial charge on any atom is 0.261 e. The van der Waals surface area contributed by atoms with E-state index in [2.05, 4.69) is 4.72 Å². The molecule has 1 N–H and O–H groups in total. The summed E-state index contributed by atoms with van der Waals surface area (Å²) >= 11 is 5.96. The zero-order valence-corrected chi connectivity index (χ0v) is 13.3. The Morgan fingerprint density at radius 2 is 1.81 bits per heavy atom. The van der Waals surface area contributed by atoms with Crippen LogP contribution in [0, 0.1) is 0 Å². The molecule has 0 aromatic heterocycles. The van der Waals surface area contributed by atoms with E-state index in [0.717, 1.165) is 12.0 Å². The summed E-state index contributed by atoms with van der Waals surface area (Å²) in [6.45, 7) is 2.04. The fourth-order valence-electron chi connectivity index (χ4n) is 1.84. The van der Waals surface area contributed by atoms with Crippen LogP contribution in [0.5, 0.6) is 5.75 Å². The topological polar surface area (TPSA) is 55.4 Å². The standard InChI is InChI=1S/C15H16ClNO3S/c1-3-11-4-6-12(7-5-11)17-21(18,19)13-8-9-15(20-2)14(16)10-13/h4-10,17H,3H2,1-2H3. The van der Waals surface area contributed by atoms with Crippen molar-refractivity contribution < 1.29 is 13.2 Å². The molecule has 2 aromatic carbocycles. The van der Waals surface area contributed by atoms with Gasteiger partial charge in [-0.05, 0) is 42.3 Å². The summed E-state index contributed by atoms with van der Waals surface area (Å²) in [7, 11) is -2.20. The Kier molecular flexibility index (Phi) is 4.75. The predicted octanol–water partition coefficient (Wildman–Crippen LogP) is 3.71. The molecule has 2 aromatic rings. The van der Waals surface area contributed by atoms with Gasteiger partial charge in [-0.15, -0.1) is 0 Å². The quantitative estimate of drug-likeness (QED) is 0.911. The summed E-state index contributed by atoms with van der Waals surface area (Å²) in [5, 5.41) is 0.252. The monoisotopic (exact) mass is 325 g/mol. The number of aryl methyl sites for hydroxylation is 1. The first kappa shape index (κ1) is 15.7. The molecule has 2 rings (SSSR count).